The molecule has 0 aliphatic carbocycles. The Bertz CT molecular complexity index is 326. The van der Waals surface area contributed by atoms with Gasteiger partial charge in [0.1, 0.15) is 0 Å². The van der Waals surface area contributed by atoms with E-state index >= 15 is 0 Å². The summed E-state index contributed by atoms with van der Waals surface area (Å²) in [7, 11) is 1.70. The van der Waals surface area contributed by atoms with Crippen molar-refractivity contribution in [1.82, 2.24) is 4.90 Å². The second-order valence-corrected chi connectivity index (χ2v) is 4.11. The van der Waals surface area contributed by atoms with Crippen molar-refractivity contribution < 1.29 is 9.21 Å². The third-order valence-electron chi connectivity index (χ3n) is 1.99. The lowest BCUT2D eigenvalue weighted by atomic mass is 10.3. The van der Waals surface area contributed by atoms with Gasteiger partial charge in [-0.2, -0.15) is 0 Å². The molecule has 1 aromatic rings. The van der Waals surface area contributed by atoms with Crippen molar-refractivity contribution in [1.29, 1.82) is 0 Å². The van der Waals surface area contributed by atoms with Crippen LogP contribution in [0.1, 0.15) is 17.5 Å². The lowest BCUT2D eigenvalue weighted by Gasteiger charge is -2.21. The molecule has 0 aliphatic heterocycles. The average Bonchev–Trinajstić information content (AvgIpc) is 2.61. The molecule has 0 radical (unpaired) electrons. The minimum absolute atomic E-state index is 0.00644. The minimum atomic E-state index is -0.163. The van der Waals surface area contributed by atoms with Gasteiger partial charge >= 0.3 is 0 Å². The van der Waals surface area contributed by atoms with Gasteiger partial charge in [-0.25, -0.2) is 0 Å². The standard InChI is InChI=1S/C9H11BrClNO2/c1-6(5-11)12(2)9(13)7-3-4-8(10)14-7/h3-4,6H,5H2,1-2H3. The molecule has 1 atom stereocenters. The van der Waals surface area contributed by atoms with Crippen molar-refractivity contribution in [3.05, 3.63) is 22.6 Å². The number of hydrogen-bond acceptors (Lipinski definition) is 2. The zero-order chi connectivity index (χ0) is 10.7. The van der Waals surface area contributed by atoms with Crippen molar-refractivity contribution in [3.8, 4) is 0 Å². The summed E-state index contributed by atoms with van der Waals surface area (Å²) in [5.74, 6) is 0.560. The summed E-state index contributed by atoms with van der Waals surface area (Å²) < 4.78 is 5.69. The van der Waals surface area contributed by atoms with E-state index < -0.39 is 0 Å². The molecule has 0 bridgehead atoms. The molecule has 0 N–H and O–H groups in total. The van der Waals surface area contributed by atoms with Crippen LogP contribution in [-0.2, 0) is 0 Å². The third-order valence-corrected chi connectivity index (χ3v) is 2.86. The van der Waals surface area contributed by atoms with E-state index in [0.29, 0.717) is 16.3 Å². The summed E-state index contributed by atoms with van der Waals surface area (Å²) in [6, 6.07) is 3.31. The van der Waals surface area contributed by atoms with Gasteiger partial charge in [0, 0.05) is 19.0 Å². The first-order chi connectivity index (χ1) is 6.56. The molecule has 0 saturated carbocycles. The zero-order valence-corrected chi connectivity index (χ0v) is 10.3. The van der Waals surface area contributed by atoms with Crippen LogP contribution in [0.2, 0.25) is 0 Å². The predicted molar refractivity (Wildman–Crippen MR) is 58.7 cm³/mol. The van der Waals surface area contributed by atoms with E-state index in [-0.39, 0.29) is 11.9 Å². The maximum absolute atomic E-state index is 11.7. The van der Waals surface area contributed by atoms with Crippen molar-refractivity contribution in [2.24, 2.45) is 0 Å². The molecule has 5 heteroatoms. The normalized spacial score (nSPS) is 12.6. The fourth-order valence-electron chi connectivity index (χ4n) is 0.907. The average molecular weight is 281 g/mol. The quantitative estimate of drug-likeness (QED) is 0.798. The SMILES string of the molecule is CC(CCl)N(C)C(=O)c1ccc(Br)o1. The van der Waals surface area contributed by atoms with E-state index in [1.165, 1.54) is 0 Å². The van der Waals surface area contributed by atoms with Gasteiger partial charge in [0.05, 0.1) is 0 Å². The maximum Gasteiger partial charge on any atom is 0.289 e. The second-order valence-electron chi connectivity index (χ2n) is 3.02. The summed E-state index contributed by atoms with van der Waals surface area (Å²) in [6.45, 7) is 1.88. The topological polar surface area (TPSA) is 33.5 Å². The molecule has 3 nitrogen and oxygen atoms in total. The first kappa shape index (κ1) is 11.6. The highest BCUT2D eigenvalue weighted by molar-refractivity contribution is 9.10. The van der Waals surface area contributed by atoms with Gasteiger partial charge in [-0.3, -0.25) is 4.79 Å². The Morgan fingerprint density at radius 1 is 1.71 bits per heavy atom. The number of hydrogen-bond donors (Lipinski definition) is 0. The highest BCUT2D eigenvalue weighted by Gasteiger charge is 2.19. The van der Waals surface area contributed by atoms with E-state index in [1.807, 2.05) is 6.92 Å². The highest BCUT2D eigenvalue weighted by Crippen LogP contribution is 2.16. The molecule has 0 fully saturated rings. The van der Waals surface area contributed by atoms with E-state index in [2.05, 4.69) is 15.9 Å². The van der Waals surface area contributed by atoms with Gasteiger partial charge in [-0.05, 0) is 35.0 Å². The Morgan fingerprint density at radius 2 is 2.36 bits per heavy atom. The third kappa shape index (κ3) is 2.51. The fraction of sp³-hybridized carbons (Fsp3) is 0.444. The molecule has 1 aromatic heterocycles. The van der Waals surface area contributed by atoms with Crippen LogP contribution < -0.4 is 0 Å². The van der Waals surface area contributed by atoms with Gasteiger partial charge < -0.3 is 9.32 Å². The number of carbonyl (C=O) groups excluding carboxylic acids is 1. The van der Waals surface area contributed by atoms with E-state index in [1.54, 1.807) is 24.1 Å². The lowest BCUT2D eigenvalue weighted by molar-refractivity contribution is 0.0723. The molecule has 1 rings (SSSR count). The number of halogens is 2. The van der Waals surface area contributed by atoms with Crippen molar-refractivity contribution in [2.45, 2.75) is 13.0 Å². The monoisotopic (exact) mass is 279 g/mol. The molecular weight excluding hydrogens is 269 g/mol. The van der Waals surface area contributed by atoms with Crippen LogP contribution in [-0.4, -0.2) is 29.8 Å². The van der Waals surface area contributed by atoms with Crippen molar-refractivity contribution in [2.75, 3.05) is 12.9 Å². The molecule has 0 spiro atoms. The van der Waals surface area contributed by atoms with Gasteiger partial charge in [-0.15, -0.1) is 11.6 Å². The molecule has 0 aromatic carbocycles. The summed E-state index contributed by atoms with van der Waals surface area (Å²) in [5, 5.41) is 0. The number of nitrogens with zero attached hydrogens (tertiary/aromatic N) is 1. The number of rotatable bonds is 3. The fourth-order valence-corrected chi connectivity index (χ4v) is 1.42. The molecule has 0 aliphatic rings. The number of alkyl halides is 1. The van der Waals surface area contributed by atoms with Crippen molar-refractivity contribution >= 4 is 33.4 Å². The van der Waals surface area contributed by atoms with Crippen LogP contribution in [0, 0.1) is 0 Å². The Kier molecular flexibility index (Phi) is 4.01. The van der Waals surface area contributed by atoms with E-state index in [9.17, 15) is 4.79 Å². The van der Waals surface area contributed by atoms with Crippen LogP contribution in [0.5, 0.6) is 0 Å². The molecular formula is C9H11BrClNO2. The van der Waals surface area contributed by atoms with Crippen LogP contribution >= 0.6 is 27.5 Å². The maximum atomic E-state index is 11.7. The first-order valence-electron chi connectivity index (χ1n) is 4.14. The van der Waals surface area contributed by atoms with Gasteiger partial charge in [0.15, 0.2) is 10.4 Å². The van der Waals surface area contributed by atoms with Gasteiger partial charge in [0.25, 0.3) is 5.91 Å². The molecule has 1 unspecified atom stereocenters. The lowest BCUT2D eigenvalue weighted by Crippen LogP contribution is -2.35. The Hall–Kier alpha value is -0.480. The smallest absolute Gasteiger partial charge is 0.289 e. The van der Waals surface area contributed by atoms with Crippen LogP contribution in [0.15, 0.2) is 21.2 Å². The largest absolute Gasteiger partial charge is 0.444 e. The molecule has 1 heterocycles. The van der Waals surface area contributed by atoms with Crippen molar-refractivity contribution in [3.63, 3.8) is 0 Å². The molecule has 1 amide bonds. The van der Waals surface area contributed by atoms with Crippen LogP contribution in [0.25, 0.3) is 0 Å². The van der Waals surface area contributed by atoms with Crippen LogP contribution in [0.4, 0.5) is 0 Å². The molecule has 14 heavy (non-hydrogen) atoms. The molecule has 0 saturated heterocycles. The van der Waals surface area contributed by atoms with E-state index in [0.717, 1.165) is 0 Å². The Labute approximate surface area is 96.1 Å². The summed E-state index contributed by atoms with van der Waals surface area (Å²) in [6.07, 6.45) is 0. The summed E-state index contributed by atoms with van der Waals surface area (Å²) in [5.41, 5.74) is 0. The minimum Gasteiger partial charge on any atom is -0.444 e. The van der Waals surface area contributed by atoms with E-state index in [4.69, 9.17) is 16.0 Å². The number of furan rings is 1. The second kappa shape index (κ2) is 4.84. The predicted octanol–water partition coefficient (Wildman–Crippen LogP) is 2.74. The number of carbonyl (C=O) groups is 1. The zero-order valence-electron chi connectivity index (χ0n) is 7.96. The van der Waals surface area contributed by atoms with Crippen LogP contribution in [0.3, 0.4) is 0 Å². The van der Waals surface area contributed by atoms with Gasteiger partial charge in [0.2, 0.25) is 0 Å². The summed E-state index contributed by atoms with van der Waals surface area (Å²) >= 11 is 8.79. The highest BCUT2D eigenvalue weighted by atomic mass is 79.9. The Balaban J connectivity index is 2.75. The Morgan fingerprint density at radius 3 is 2.79 bits per heavy atom. The van der Waals surface area contributed by atoms with Gasteiger partial charge in [-0.1, -0.05) is 0 Å². The summed E-state index contributed by atoms with van der Waals surface area (Å²) in [4.78, 5) is 13.3. The molecule has 78 valence electrons. The number of amides is 1. The first-order valence-corrected chi connectivity index (χ1v) is 5.47.